The number of nitrogens with zero attached hydrogens (tertiary/aromatic N) is 4. The van der Waals surface area contributed by atoms with Crippen LogP contribution in [0.1, 0.15) is 16.4 Å². The van der Waals surface area contributed by atoms with Crippen molar-refractivity contribution in [2.75, 3.05) is 38.9 Å². The molecule has 1 aliphatic heterocycles. The van der Waals surface area contributed by atoms with E-state index < -0.39 is 24.4 Å². The number of amides is 1. The number of ether oxygens (including phenoxy) is 3. The second-order valence-corrected chi connectivity index (χ2v) is 7.31. The number of carbonyl (C=O) groups excluding carboxylic acids is 1. The maximum Gasteiger partial charge on any atom is 0.256 e. The topological polar surface area (TPSA) is 141 Å². The summed E-state index contributed by atoms with van der Waals surface area (Å²) in [6.45, 7) is 0.442. The summed E-state index contributed by atoms with van der Waals surface area (Å²) in [7, 11) is 1.56. The number of carbonyl (C=O) groups is 1. The normalized spacial score (nSPS) is 23.3. The SMILES string of the molecule is COCCO[C@@H]1[C@H](O)[C@@H](CO)OC[C@H]1n1cnc2c(NC(=O)c3ccccc3)ncnc21. The molecule has 4 rings (SSSR count). The van der Waals surface area contributed by atoms with E-state index in [1.165, 1.54) is 6.33 Å². The van der Waals surface area contributed by atoms with Gasteiger partial charge in [-0.1, -0.05) is 18.2 Å². The molecule has 32 heavy (non-hydrogen) atoms. The zero-order chi connectivity index (χ0) is 22.5. The summed E-state index contributed by atoms with van der Waals surface area (Å²) >= 11 is 0. The number of hydrogen-bond donors (Lipinski definition) is 3. The largest absolute Gasteiger partial charge is 0.394 e. The average molecular weight is 443 g/mol. The van der Waals surface area contributed by atoms with Crippen LogP contribution in [0.5, 0.6) is 0 Å². The standard InChI is InChI=1S/C21H25N5O6/c1-30-7-8-31-18-14(10-32-15(9-27)17(18)28)26-12-24-16-19(22-11-23-20(16)26)25-21(29)13-5-3-2-4-6-13/h2-6,11-12,14-15,17-18,27-28H,7-10H2,1H3,(H,22,23,25,29)/t14-,15-,17-,18+/m1/s1. The van der Waals surface area contributed by atoms with Gasteiger partial charge in [0.2, 0.25) is 0 Å². The molecular formula is C21H25N5O6. The van der Waals surface area contributed by atoms with Crippen molar-refractivity contribution < 1.29 is 29.2 Å². The van der Waals surface area contributed by atoms with Crippen molar-refractivity contribution in [2.24, 2.45) is 0 Å². The first-order valence-electron chi connectivity index (χ1n) is 10.2. The molecule has 0 unspecified atom stereocenters. The number of fused-ring (bicyclic) bond motifs is 1. The van der Waals surface area contributed by atoms with Gasteiger partial charge in [-0.25, -0.2) is 15.0 Å². The molecule has 1 aliphatic rings. The van der Waals surface area contributed by atoms with Crippen LogP contribution in [-0.4, -0.2) is 87.5 Å². The maximum atomic E-state index is 12.6. The molecule has 1 saturated heterocycles. The van der Waals surface area contributed by atoms with Gasteiger partial charge in [0.05, 0.1) is 38.8 Å². The monoisotopic (exact) mass is 443 g/mol. The number of imidazole rings is 1. The highest BCUT2D eigenvalue weighted by Crippen LogP contribution is 2.30. The molecule has 0 aliphatic carbocycles. The molecule has 1 amide bonds. The minimum Gasteiger partial charge on any atom is -0.394 e. The maximum absolute atomic E-state index is 12.6. The third-order valence-corrected chi connectivity index (χ3v) is 5.34. The van der Waals surface area contributed by atoms with Crippen molar-refractivity contribution in [3.05, 3.63) is 48.5 Å². The summed E-state index contributed by atoms with van der Waals surface area (Å²) in [5.41, 5.74) is 1.34. The fourth-order valence-corrected chi connectivity index (χ4v) is 3.69. The van der Waals surface area contributed by atoms with Gasteiger partial charge in [0, 0.05) is 12.7 Å². The Morgan fingerprint density at radius 1 is 1.25 bits per heavy atom. The fourth-order valence-electron chi connectivity index (χ4n) is 3.69. The van der Waals surface area contributed by atoms with E-state index in [0.717, 1.165) is 0 Å². The summed E-state index contributed by atoms with van der Waals surface area (Å²) in [6.07, 6.45) is 0.366. The Morgan fingerprint density at radius 2 is 2.06 bits per heavy atom. The second kappa shape index (κ2) is 10.1. The van der Waals surface area contributed by atoms with Crippen molar-refractivity contribution >= 4 is 22.9 Å². The van der Waals surface area contributed by atoms with Crippen LogP contribution in [0.3, 0.4) is 0 Å². The Hall–Kier alpha value is -2.96. The second-order valence-electron chi connectivity index (χ2n) is 7.31. The van der Waals surface area contributed by atoms with Crippen LogP contribution >= 0.6 is 0 Å². The molecule has 3 heterocycles. The highest BCUT2D eigenvalue weighted by molar-refractivity contribution is 6.06. The van der Waals surface area contributed by atoms with Crippen LogP contribution in [0.4, 0.5) is 5.82 Å². The lowest BCUT2D eigenvalue weighted by Crippen LogP contribution is -2.53. The van der Waals surface area contributed by atoms with E-state index in [0.29, 0.717) is 23.3 Å². The Bertz CT molecular complexity index is 1050. The molecule has 0 bridgehead atoms. The molecule has 11 nitrogen and oxygen atoms in total. The molecule has 1 fully saturated rings. The van der Waals surface area contributed by atoms with E-state index in [2.05, 4.69) is 20.3 Å². The summed E-state index contributed by atoms with van der Waals surface area (Å²) in [6, 6.07) is 8.31. The first-order valence-corrected chi connectivity index (χ1v) is 10.2. The number of methoxy groups -OCH3 is 1. The molecule has 0 spiro atoms. The number of hydrogen-bond acceptors (Lipinski definition) is 9. The van der Waals surface area contributed by atoms with Crippen molar-refractivity contribution in [3.8, 4) is 0 Å². The number of aliphatic hydroxyl groups is 2. The van der Waals surface area contributed by atoms with Crippen molar-refractivity contribution in [1.29, 1.82) is 0 Å². The molecule has 170 valence electrons. The molecule has 0 radical (unpaired) electrons. The Kier molecular flexibility index (Phi) is 7.02. The average Bonchev–Trinajstić information content (AvgIpc) is 3.25. The Labute approximate surface area is 184 Å². The highest BCUT2D eigenvalue weighted by atomic mass is 16.6. The van der Waals surface area contributed by atoms with Crippen molar-refractivity contribution in [1.82, 2.24) is 19.5 Å². The van der Waals surface area contributed by atoms with Gasteiger partial charge in [-0.15, -0.1) is 0 Å². The van der Waals surface area contributed by atoms with E-state index in [4.69, 9.17) is 14.2 Å². The fraction of sp³-hybridized carbons (Fsp3) is 0.429. The van der Waals surface area contributed by atoms with Crippen molar-refractivity contribution in [2.45, 2.75) is 24.4 Å². The van der Waals surface area contributed by atoms with E-state index in [9.17, 15) is 15.0 Å². The molecular weight excluding hydrogens is 418 g/mol. The molecule has 11 heteroatoms. The quantitative estimate of drug-likeness (QED) is 0.422. The van der Waals surface area contributed by atoms with Gasteiger partial charge < -0.3 is 34.3 Å². The number of rotatable bonds is 8. The van der Waals surface area contributed by atoms with E-state index >= 15 is 0 Å². The first kappa shape index (κ1) is 22.2. The Balaban J connectivity index is 1.62. The van der Waals surface area contributed by atoms with Crippen LogP contribution in [0, 0.1) is 0 Å². The minimum absolute atomic E-state index is 0.168. The lowest BCUT2D eigenvalue weighted by Gasteiger charge is -2.40. The zero-order valence-corrected chi connectivity index (χ0v) is 17.5. The smallest absolute Gasteiger partial charge is 0.256 e. The molecule has 4 atom stereocenters. The van der Waals surface area contributed by atoms with Crippen LogP contribution in [0.25, 0.3) is 11.2 Å². The summed E-state index contributed by atoms with van der Waals surface area (Å²) in [4.78, 5) is 25.4. The van der Waals surface area contributed by atoms with Crippen LogP contribution in [-0.2, 0) is 14.2 Å². The highest BCUT2D eigenvalue weighted by Gasteiger charge is 2.41. The van der Waals surface area contributed by atoms with Gasteiger partial charge >= 0.3 is 0 Å². The van der Waals surface area contributed by atoms with E-state index in [1.54, 1.807) is 42.3 Å². The van der Waals surface area contributed by atoms with E-state index in [-0.39, 0.29) is 31.5 Å². The number of anilines is 1. The van der Waals surface area contributed by atoms with Gasteiger partial charge in [0.15, 0.2) is 17.0 Å². The summed E-state index contributed by atoms with van der Waals surface area (Å²) in [5.74, 6) is -0.0481. The lowest BCUT2D eigenvalue weighted by atomic mass is 9.98. The molecule has 3 aromatic rings. The van der Waals surface area contributed by atoms with Crippen LogP contribution in [0.15, 0.2) is 43.0 Å². The number of nitrogens with one attached hydrogen (secondary N) is 1. The molecule has 0 saturated carbocycles. The molecule has 1 aromatic carbocycles. The zero-order valence-electron chi connectivity index (χ0n) is 17.5. The lowest BCUT2D eigenvalue weighted by molar-refractivity contribution is -0.188. The van der Waals surface area contributed by atoms with Gasteiger partial charge in [0.1, 0.15) is 24.6 Å². The van der Waals surface area contributed by atoms with E-state index in [1.807, 2.05) is 6.07 Å². The first-order chi connectivity index (χ1) is 15.6. The van der Waals surface area contributed by atoms with Crippen LogP contribution < -0.4 is 5.32 Å². The number of aromatic nitrogens is 4. The predicted octanol–water partition coefficient (Wildman–Crippen LogP) is 0.403. The summed E-state index contributed by atoms with van der Waals surface area (Å²) < 4.78 is 18.3. The molecule has 2 aromatic heterocycles. The summed E-state index contributed by atoms with van der Waals surface area (Å²) in [5, 5.41) is 23.0. The minimum atomic E-state index is -1.06. The third-order valence-electron chi connectivity index (χ3n) is 5.34. The predicted molar refractivity (Wildman–Crippen MR) is 113 cm³/mol. The number of benzene rings is 1. The van der Waals surface area contributed by atoms with Gasteiger partial charge in [0.25, 0.3) is 5.91 Å². The van der Waals surface area contributed by atoms with Crippen molar-refractivity contribution in [3.63, 3.8) is 0 Å². The molecule has 3 N–H and O–H groups in total. The third kappa shape index (κ3) is 4.47. The number of aliphatic hydroxyl groups excluding tert-OH is 2. The Morgan fingerprint density at radius 3 is 2.81 bits per heavy atom. The van der Waals surface area contributed by atoms with Gasteiger partial charge in [-0.3, -0.25) is 4.79 Å². The van der Waals surface area contributed by atoms with Crippen LogP contribution in [0.2, 0.25) is 0 Å². The van der Waals surface area contributed by atoms with Gasteiger partial charge in [-0.2, -0.15) is 0 Å². The van der Waals surface area contributed by atoms with Gasteiger partial charge in [-0.05, 0) is 12.1 Å².